The van der Waals surface area contributed by atoms with Crippen molar-refractivity contribution in [2.24, 2.45) is 11.1 Å². The molecule has 2 fully saturated rings. The summed E-state index contributed by atoms with van der Waals surface area (Å²) in [6.45, 7) is 3.13. The number of likely N-dealkylation sites (tertiary alicyclic amines) is 1. The number of carbonyl (C=O) groups excluding carboxylic acids is 2. The zero-order valence-corrected chi connectivity index (χ0v) is 18.5. The van der Waals surface area contributed by atoms with E-state index in [4.69, 9.17) is 0 Å². The van der Waals surface area contributed by atoms with Crippen LogP contribution >= 0.6 is 0 Å². The number of amides is 1. The Bertz CT molecular complexity index is 962. The molecule has 2 aromatic carbocycles. The van der Waals surface area contributed by atoms with Crippen molar-refractivity contribution in [2.75, 3.05) is 25.0 Å². The fraction of sp³-hybridized carbons (Fsp3) is 0.462. The lowest BCUT2D eigenvalue weighted by Gasteiger charge is -2.32. The zero-order valence-electron chi connectivity index (χ0n) is 18.5. The number of anilines is 1. The van der Waals surface area contributed by atoms with Crippen LogP contribution in [0.25, 0.3) is 0 Å². The summed E-state index contributed by atoms with van der Waals surface area (Å²) < 4.78 is 0. The Morgan fingerprint density at radius 2 is 1.75 bits per heavy atom. The van der Waals surface area contributed by atoms with Crippen LogP contribution in [0.1, 0.15) is 66.8 Å². The Kier molecular flexibility index (Phi) is 7.43. The maximum atomic E-state index is 12.3. The van der Waals surface area contributed by atoms with Crippen molar-refractivity contribution >= 4 is 23.1 Å². The summed E-state index contributed by atoms with van der Waals surface area (Å²) in [5.74, 6) is 0.978. The van der Waals surface area contributed by atoms with Crippen LogP contribution in [0, 0.1) is 10.8 Å². The number of nitrogens with zero attached hydrogens (tertiary/aromatic N) is 2. The van der Waals surface area contributed by atoms with Crippen molar-refractivity contribution in [2.45, 2.75) is 50.9 Å². The standard InChI is InChI=1S/C26H31N3O3/c30-25(22-6-4-8-24(18-22)28-32)9-1-2-14-29-15-12-19(13-16-29)21-5-3-7-23(17-21)27-26(31)20-10-11-20/h3-8,17-20H,1-2,9-16H2,(H,27,31). The zero-order chi connectivity index (χ0) is 22.3. The Labute approximate surface area is 189 Å². The number of unbranched alkanes of at least 4 members (excludes halogenated alkanes) is 1. The molecule has 32 heavy (non-hydrogen) atoms. The van der Waals surface area contributed by atoms with Gasteiger partial charge in [0.2, 0.25) is 5.91 Å². The van der Waals surface area contributed by atoms with E-state index in [1.807, 2.05) is 12.1 Å². The number of hydrogen-bond donors (Lipinski definition) is 1. The summed E-state index contributed by atoms with van der Waals surface area (Å²) in [7, 11) is 0. The van der Waals surface area contributed by atoms with E-state index in [0.717, 1.165) is 63.8 Å². The van der Waals surface area contributed by atoms with Crippen LogP contribution in [0.15, 0.2) is 53.7 Å². The number of rotatable bonds is 10. The average molecular weight is 434 g/mol. The van der Waals surface area contributed by atoms with Crippen LogP contribution in [-0.4, -0.2) is 36.2 Å². The molecule has 2 aliphatic rings. The van der Waals surface area contributed by atoms with Crippen molar-refractivity contribution in [3.63, 3.8) is 0 Å². The van der Waals surface area contributed by atoms with Gasteiger partial charge in [0.05, 0.1) is 0 Å². The fourth-order valence-corrected chi connectivity index (χ4v) is 4.45. The lowest BCUT2D eigenvalue weighted by atomic mass is 9.89. The predicted molar refractivity (Wildman–Crippen MR) is 126 cm³/mol. The third-order valence-corrected chi connectivity index (χ3v) is 6.56. The van der Waals surface area contributed by atoms with Gasteiger partial charge in [-0.1, -0.05) is 24.3 Å². The first-order valence-electron chi connectivity index (χ1n) is 11.7. The van der Waals surface area contributed by atoms with Gasteiger partial charge in [-0.3, -0.25) is 9.59 Å². The highest BCUT2D eigenvalue weighted by Gasteiger charge is 2.29. The Hall–Kier alpha value is -2.86. The topological polar surface area (TPSA) is 78.8 Å². The number of carbonyl (C=O) groups is 2. The molecule has 0 unspecified atom stereocenters. The molecule has 1 aliphatic carbocycles. The van der Waals surface area contributed by atoms with Crippen LogP contribution in [0.3, 0.4) is 0 Å². The van der Waals surface area contributed by atoms with Crippen molar-refractivity contribution in [1.82, 2.24) is 4.90 Å². The van der Waals surface area contributed by atoms with Gasteiger partial charge >= 0.3 is 0 Å². The monoisotopic (exact) mass is 433 g/mol. The van der Waals surface area contributed by atoms with Gasteiger partial charge in [0.15, 0.2) is 5.78 Å². The van der Waals surface area contributed by atoms with Crippen molar-refractivity contribution in [1.29, 1.82) is 0 Å². The molecule has 0 atom stereocenters. The normalized spacial score (nSPS) is 17.1. The molecule has 1 heterocycles. The van der Waals surface area contributed by atoms with E-state index < -0.39 is 0 Å². The maximum Gasteiger partial charge on any atom is 0.227 e. The second-order valence-electron chi connectivity index (χ2n) is 9.03. The largest absolute Gasteiger partial charge is 0.326 e. The molecule has 1 amide bonds. The Morgan fingerprint density at radius 3 is 2.50 bits per heavy atom. The van der Waals surface area contributed by atoms with Crippen molar-refractivity contribution in [3.05, 3.63) is 64.6 Å². The smallest absolute Gasteiger partial charge is 0.227 e. The minimum atomic E-state index is 0.0721. The number of benzene rings is 2. The molecule has 1 saturated carbocycles. The SMILES string of the molecule is O=Nc1cccc(C(=O)CCCCN2CCC(c3cccc(NC(=O)C4CC4)c3)CC2)c1. The number of Topliss-reactive ketones (excluding diaryl/α,β-unsaturated/α-hetero) is 1. The number of nitrogens with one attached hydrogen (secondary N) is 1. The lowest BCUT2D eigenvalue weighted by molar-refractivity contribution is -0.117. The van der Waals surface area contributed by atoms with Gasteiger partial charge in [0.1, 0.15) is 5.69 Å². The highest BCUT2D eigenvalue weighted by Crippen LogP contribution is 2.32. The molecule has 0 radical (unpaired) electrons. The third-order valence-electron chi connectivity index (χ3n) is 6.56. The van der Waals surface area contributed by atoms with E-state index in [9.17, 15) is 14.5 Å². The summed E-state index contributed by atoms with van der Waals surface area (Å²) in [5.41, 5.74) is 3.10. The third kappa shape index (κ3) is 6.10. The summed E-state index contributed by atoms with van der Waals surface area (Å²) in [6.07, 6.45) is 6.60. The van der Waals surface area contributed by atoms with Crippen molar-refractivity contribution in [3.8, 4) is 0 Å². The predicted octanol–water partition coefficient (Wildman–Crippen LogP) is 5.67. The molecule has 1 saturated heterocycles. The highest BCUT2D eigenvalue weighted by molar-refractivity contribution is 5.96. The number of piperidine rings is 1. The van der Waals surface area contributed by atoms with Gasteiger partial charge < -0.3 is 10.2 Å². The van der Waals surface area contributed by atoms with Gasteiger partial charge in [-0.2, -0.15) is 0 Å². The van der Waals surface area contributed by atoms with Gasteiger partial charge in [0, 0.05) is 23.6 Å². The molecule has 1 N–H and O–H groups in total. The van der Waals surface area contributed by atoms with Crippen LogP contribution in [0.5, 0.6) is 0 Å². The molecular formula is C26H31N3O3. The second kappa shape index (κ2) is 10.6. The molecular weight excluding hydrogens is 402 g/mol. The number of ketones is 1. The van der Waals surface area contributed by atoms with E-state index in [2.05, 4.69) is 27.5 Å². The summed E-state index contributed by atoms with van der Waals surface area (Å²) in [6, 6.07) is 14.9. The molecule has 168 valence electrons. The molecule has 0 bridgehead atoms. The van der Waals surface area contributed by atoms with Crippen LogP contribution < -0.4 is 5.32 Å². The first-order valence-corrected chi connectivity index (χ1v) is 11.7. The molecule has 6 nitrogen and oxygen atoms in total. The minimum absolute atomic E-state index is 0.0721. The number of nitroso groups, excluding NO2 is 1. The summed E-state index contributed by atoms with van der Waals surface area (Å²) >= 11 is 0. The molecule has 1 aliphatic heterocycles. The van der Waals surface area contributed by atoms with Crippen LogP contribution in [0.2, 0.25) is 0 Å². The Balaban J connectivity index is 1.17. The second-order valence-corrected chi connectivity index (χ2v) is 9.03. The van der Waals surface area contributed by atoms with Gasteiger partial charge in [-0.05, 0) is 99.1 Å². The number of hydrogen-bond acceptors (Lipinski definition) is 5. The average Bonchev–Trinajstić information content (AvgIpc) is 3.68. The lowest BCUT2D eigenvalue weighted by Crippen LogP contribution is -2.33. The molecule has 6 heteroatoms. The first kappa shape index (κ1) is 22.3. The van der Waals surface area contributed by atoms with E-state index >= 15 is 0 Å². The minimum Gasteiger partial charge on any atom is -0.326 e. The fourth-order valence-electron chi connectivity index (χ4n) is 4.45. The van der Waals surface area contributed by atoms with Gasteiger partial charge in [-0.25, -0.2) is 0 Å². The Morgan fingerprint density at radius 1 is 0.969 bits per heavy atom. The van der Waals surface area contributed by atoms with E-state index in [-0.39, 0.29) is 17.6 Å². The highest BCUT2D eigenvalue weighted by atomic mass is 16.3. The first-order chi connectivity index (χ1) is 15.6. The van der Waals surface area contributed by atoms with E-state index in [1.54, 1.807) is 24.3 Å². The van der Waals surface area contributed by atoms with Crippen molar-refractivity contribution < 1.29 is 9.59 Å². The molecule has 0 aromatic heterocycles. The maximum absolute atomic E-state index is 12.3. The van der Waals surface area contributed by atoms with E-state index in [0.29, 0.717) is 23.6 Å². The molecule has 4 rings (SSSR count). The molecule has 0 spiro atoms. The van der Waals surface area contributed by atoms with Gasteiger partial charge in [-0.15, -0.1) is 4.91 Å². The van der Waals surface area contributed by atoms with Crippen LogP contribution in [0.4, 0.5) is 11.4 Å². The van der Waals surface area contributed by atoms with E-state index in [1.165, 1.54) is 5.56 Å². The summed E-state index contributed by atoms with van der Waals surface area (Å²) in [5, 5.41) is 5.95. The molecule has 2 aromatic rings. The van der Waals surface area contributed by atoms with Gasteiger partial charge in [0.25, 0.3) is 0 Å². The quantitative estimate of drug-likeness (QED) is 0.298. The van der Waals surface area contributed by atoms with Crippen LogP contribution in [-0.2, 0) is 4.79 Å². The summed E-state index contributed by atoms with van der Waals surface area (Å²) in [4.78, 5) is 37.5.